The monoisotopic (exact) mass is 282 g/mol. The minimum absolute atomic E-state index is 0.120. The molecule has 0 fully saturated rings. The molecule has 0 aliphatic carbocycles. The average molecular weight is 282 g/mol. The van der Waals surface area contributed by atoms with Gasteiger partial charge < -0.3 is 10.2 Å². The third kappa shape index (κ3) is 2.72. The molecule has 5 nitrogen and oxygen atoms in total. The van der Waals surface area contributed by atoms with E-state index in [0.29, 0.717) is 18.1 Å². The van der Waals surface area contributed by atoms with Crippen molar-refractivity contribution < 1.29 is 4.79 Å². The van der Waals surface area contributed by atoms with Crippen LogP contribution in [0.1, 0.15) is 29.3 Å². The first-order valence-electron chi connectivity index (χ1n) is 7.25. The van der Waals surface area contributed by atoms with Gasteiger partial charge in [-0.05, 0) is 24.5 Å². The van der Waals surface area contributed by atoms with E-state index in [4.69, 9.17) is 0 Å². The molecule has 2 aromatic rings. The van der Waals surface area contributed by atoms with E-state index in [9.17, 15) is 4.79 Å². The summed E-state index contributed by atoms with van der Waals surface area (Å²) in [5, 5.41) is 2.82. The highest BCUT2D eigenvalue weighted by Gasteiger charge is 2.21. The lowest BCUT2D eigenvalue weighted by molar-refractivity contribution is 0.0953. The molecule has 3 rings (SSSR count). The maximum atomic E-state index is 11.8. The number of hydrogen-bond acceptors (Lipinski definition) is 4. The number of rotatable bonds is 4. The van der Waals surface area contributed by atoms with Crippen molar-refractivity contribution in [2.45, 2.75) is 19.8 Å². The van der Waals surface area contributed by atoms with Crippen LogP contribution in [0.4, 0.5) is 11.6 Å². The highest BCUT2D eigenvalue weighted by molar-refractivity contribution is 5.93. The number of amides is 1. The SMILES string of the molecule is CCCNC(=O)c1cnc(N2CCc3ccccc32)nc1. The van der Waals surface area contributed by atoms with Gasteiger partial charge in [-0.25, -0.2) is 9.97 Å². The van der Waals surface area contributed by atoms with Crippen molar-refractivity contribution in [2.24, 2.45) is 0 Å². The maximum Gasteiger partial charge on any atom is 0.254 e. The molecule has 1 aromatic heterocycles. The lowest BCUT2D eigenvalue weighted by atomic mass is 10.2. The number of para-hydroxylation sites is 1. The van der Waals surface area contributed by atoms with Gasteiger partial charge in [-0.15, -0.1) is 0 Å². The van der Waals surface area contributed by atoms with Crippen molar-refractivity contribution in [3.8, 4) is 0 Å². The second kappa shape index (κ2) is 5.91. The summed E-state index contributed by atoms with van der Waals surface area (Å²) in [7, 11) is 0. The van der Waals surface area contributed by atoms with E-state index in [1.165, 1.54) is 5.56 Å². The zero-order valence-corrected chi connectivity index (χ0v) is 12.0. The molecule has 108 valence electrons. The van der Waals surface area contributed by atoms with E-state index in [0.717, 1.165) is 25.1 Å². The first-order valence-corrected chi connectivity index (χ1v) is 7.25. The Bertz CT molecular complexity index is 639. The van der Waals surface area contributed by atoms with Gasteiger partial charge in [-0.3, -0.25) is 4.79 Å². The van der Waals surface area contributed by atoms with Gasteiger partial charge in [0.25, 0.3) is 5.91 Å². The van der Waals surface area contributed by atoms with Gasteiger partial charge in [-0.1, -0.05) is 25.1 Å². The highest BCUT2D eigenvalue weighted by Crippen LogP contribution is 2.31. The number of anilines is 2. The third-order valence-electron chi connectivity index (χ3n) is 3.56. The molecule has 1 aliphatic rings. The second-order valence-electron chi connectivity index (χ2n) is 5.06. The molecule has 0 saturated carbocycles. The predicted molar refractivity (Wildman–Crippen MR) is 81.8 cm³/mol. The Morgan fingerprint density at radius 3 is 2.81 bits per heavy atom. The maximum absolute atomic E-state index is 11.8. The molecule has 5 heteroatoms. The number of carbonyl (C=O) groups is 1. The molecule has 1 aromatic carbocycles. The number of fused-ring (bicyclic) bond motifs is 1. The average Bonchev–Trinajstić information content (AvgIpc) is 2.97. The summed E-state index contributed by atoms with van der Waals surface area (Å²) in [4.78, 5) is 22.6. The van der Waals surface area contributed by atoms with Crippen molar-refractivity contribution in [3.05, 3.63) is 47.8 Å². The molecule has 0 spiro atoms. The van der Waals surface area contributed by atoms with E-state index in [1.54, 1.807) is 12.4 Å². The van der Waals surface area contributed by atoms with Crippen molar-refractivity contribution in [1.82, 2.24) is 15.3 Å². The number of carbonyl (C=O) groups excluding carboxylic acids is 1. The fourth-order valence-electron chi connectivity index (χ4n) is 2.46. The Kier molecular flexibility index (Phi) is 3.81. The first-order chi connectivity index (χ1) is 10.3. The van der Waals surface area contributed by atoms with Gasteiger partial charge in [0.05, 0.1) is 5.56 Å². The summed E-state index contributed by atoms with van der Waals surface area (Å²) in [5.74, 6) is 0.525. The Morgan fingerprint density at radius 1 is 1.29 bits per heavy atom. The highest BCUT2D eigenvalue weighted by atomic mass is 16.1. The zero-order chi connectivity index (χ0) is 14.7. The Balaban J connectivity index is 1.78. The van der Waals surface area contributed by atoms with Gasteiger partial charge in [0, 0.05) is 31.2 Å². The van der Waals surface area contributed by atoms with Crippen molar-refractivity contribution in [3.63, 3.8) is 0 Å². The van der Waals surface area contributed by atoms with Gasteiger partial charge in [-0.2, -0.15) is 0 Å². The van der Waals surface area contributed by atoms with Crippen LogP contribution in [-0.2, 0) is 6.42 Å². The number of aromatic nitrogens is 2. The van der Waals surface area contributed by atoms with Crippen LogP contribution in [0.2, 0.25) is 0 Å². The van der Waals surface area contributed by atoms with Gasteiger partial charge >= 0.3 is 0 Å². The summed E-state index contributed by atoms with van der Waals surface area (Å²) in [6.45, 7) is 3.56. The second-order valence-corrected chi connectivity index (χ2v) is 5.06. The number of hydrogen-bond donors (Lipinski definition) is 1. The molecule has 0 saturated heterocycles. The fraction of sp³-hybridized carbons (Fsp3) is 0.312. The topological polar surface area (TPSA) is 58.1 Å². The van der Waals surface area contributed by atoms with Crippen LogP contribution >= 0.6 is 0 Å². The Labute approximate surface area is 124 Å². The van der Waals surface area contributed by atoms with Gasteiger partial charge in [0.2, 0.25) is 5.95 Å². The summed E-state index contributed by atoms with van der Waals surface area (Å²) >= 11 is 0. The predicted octanol–water partition coefficient (Wildman–Crippen LogP) is 2.31. The lowest BCUT2D eigenvalue weighted by Crippen LogP contribution is -2.24. The fourth-order valence-corrected chi connectivity index (χ4v) is 2.46. The van der Waals surface area contributed by atoms with Crippen LogP contribution in [0.15, 0.2) is 36.7 Å². The molecule has 1 N–H and O–H groups in total. The summed E-state index contributed by atoms with van der Waals surface area (Å²) in [5.41, 5.74) is 2.96. The molecule has 1 amide bonds. The standard InChI is InChI=1S/C16H18N4O/c1-2-8-17-15(21)13-10-18-16(19-11-13)20-9-7-12-5-3-4-6-14(12)20/h3-6,10-11H,2,7-9H2,1H3,(H,17,21). The molecule has 0 atom stereocenters. The lowest BCUT2D eigenvalue weighted by Gasteiger charge is -2.16. The molecule has 0 radical (unpaired) electrons. The van der Waals surface area contributed by atoms with Crippen LogP contribution in [0.5, 0.6) is 0 Å². The van der Waals surface area contributed by atoms with Crippen LogP contribution in [0, 0.1) is 0 Å². The van der Waals surface area contributed by atoms with E-state index in [-0.39, 0.29) is 5.91 Å². The van der Waals surface area contributed by atoms with E-state index < -0.39 is 0 Å². The van der Waals surface area contributed by atoms with E-state index in [1.807, 2.05) is 19.1 Å². The van der Waals surface area contributed by atoms with Gasteiger partial charge in [0.15, 0.2) is 0 Å². The van der Waals surface area contributed by atoms with Crippen molar-refractivity contribution in [2.75, 3.05) is 18.0 Å². The molecule has 1 aliphatic heterocycles. The summed E-state index contributed by atoms with van der Waals surface area (Å²) in [6, 6.07) is 8.27. The Hall–Kier alpha value is -2.43. The normalized spacial score (nSPS) is 13.1. The van der Waals surface area contributed by atoms with Gasteiger partial charge in [0.1, 0.15) is 0 Å². The summed E-state index contributed by atoms with van der Waals surface area (Å²) < 4.78 is 0. The molecule has 2 heterocycles. The number of benzene rings is 1. The van der Waals surface area contributed by atoms with E-state index >= 15 is 0 Å². The molecule has 0 bridgehead atoms. The first kappa shape index (κ1) is 13.5. The largest absolute Gasteiger partial charge is 0.352 e. The third-order valence-corrected chi connectivity index (χ3v) is 3.56. The van der Waals surface area contributed by atoms with Crippen LogP contribution < -0.4 is 10.2 Å². The quantitative estimate of drug-likeness (QED) is 0.935. The molecular weight excluding hydrogens is 264 g/mol. The number of nitrogens with zero attached hydrogens (tertiary/aromatic N) is 3. The Morgan fingerprint density at radius 2 is 2.05 bits per heavy atom. The summed E-state index contributed by atoms with van der Waals surface area (Å²) in [6.07, 6.45) is 5.09. The molecule has 21 heavy (non-hydrogen) atoms. The minimum atomic E-state index is -0.120. The zero-order valence-electron chi connectivity index (χ0n) is 12.0. The van der Waals surface area contributed by atoms with Crippen molar-refractivity contribution >= 4 is 17.5 Å². The number of nitrogens with one attached hydrogen (secondary N) is 1. The van der Waals surface area contributed by atoms with Crippen LogP contribution in [-0.4, -0.2) is 29.0 Å². The van der Waals surface area contributed by atoms with Crippen molar-refractivity contribution in [1.29, 1.82) is 0 Å². The smallest absolute Gasteiger partial charge is 0.254 e. The minimum Gasteiger partial charge on any atom is -0.352 e. The van der Waals surface area contributed by atoms with Crippen LogP contribution in [0.3, 0.4) is 0 Å². The van der Waals surface area contributed by atoms with E-state index in [2.05, 4.69) is 32.3 Å². The van der Waals surface area contributed by atoms with Crippen LogP contribution in [0.25, 0.3) is 0 Å². The molecular formula is C16H18N4O. The molecule has 0 unspecified atom stereocenters.